The molecule has 2 rings (SSSR count). The van der Waals surface area contributed by atoms with Crippen LogP contribution >= 0.6 is 0 Å². The third-order valence-electron chi connectivity index (χ3n) is 2.86. The van der Waals surface area contributed by atoms with Gasteiger partial charge in [0.05, 0.1) is 4.90 Å². The van der Waals surface area contributed by atoms with E-state index in [0.29, 0.717) is 6.54 Å². The van der Waals surface area contributed by atoms with E-state index in [4.69, 9.17) is 0 Å². The maximum atomic E-state index is 13.0. The van der Waals surface area contributed by atoms with Crippen molar-refractivity contribution < 1.29 is 12.8 Å². The molecule has 0 radical (unpaired) electrons. The Kier molecular flexibility index (Phi) is 3.20. The van der Waals surface area contributed by atoms with Crippen molar-refractivity contribution in [2.75, 3.05) is 13.1 Å². The molecule has 17 heavy (non-hydrogen) atoms. The summed E-state index contributed by atoms with van der Waals surface area (Å²) in [6, 6.07) is 5.02. The first kappa shape index (κ1) is 12.5. The van der Waals surface area contributed by atoms with E-state index in [2.05, 4.69) is 10.0 Å². The summed E-state index contributed by atoms with van der Waals surface area (Å²) in [5.41, 5.74) is -0.495. The van der Waals surface area contributed by atoms with Crippen molar-refractivity contribution in [1.29, 1.82) is 0 Å². The van der Waals surface area contributed by atoms with E-state index in [1.165, 1.54) is 18.2 Å². The molecule has 0 saturated carbocycles. The van der Waals surface area contributed by atoms with Gasteiger partial charge in [-0.1, -0.05) is 6.07 Å². The van der Waals surface area contributed by atoms with Crippen molar-refractivity contribution >= 4 is 10.0 Å². The molecule has 1 saturated heterocycles. The largest absolute Gasteiger partial charge is 0.315 e. The van der Waals surface area contributed by atoms with E-state index in [9.17, 15) is 12.8 Å². The number of benzene rings is 1. The molecule has 1 aliphatic heterocycles. The minimum Gasteiger partial charge on any atom is -0.315 e. The van der Waals surface area contributed by atoms with Crippen molar-refractivity contribution in [3.05, 3.63) is 30.1 Å². The highest BCUT2D eigenvalue weighted by atomic mass is 32.2. The minimum absolute atomic E-state index is 0.0365. The van der Waals surface area contributed by atoms with Gasteiger partial charge in [0.15, 0.2) is 0 Å². The zero-order valence-electron chi connectivity index (χ0n) is 9.53. The van der Waals surface area contributed by atoms with E-state index in [0.717, 1.165) is 19.0 Å². The van der Waals surface area contributed by atoms with E-state index in [1.807, 2.05) is 6.92 Å². The van der Waals surface area contributed by atoms with Gasteiger partial charge in [0.25, 0.3) is 0 Å². The molecular weight excluding hydrogens is 243 g/mol. The molecule has 1 aromatic carbocycles. The third-order valence-corrected chi connectivity index (χ3v) is 4.49. The van der Waals surface area contributed by atoms with E-state index in [1.54, 1.807) is 0 Å². The highest BCUT2D eigenvalue weighted by Crippen LogP contribution is 2.18. The molecule has 1 heterocycles. The fourth-order valence-corrected chi connectivity index (χ4v) is 3.39. The van der Waals surface area contributed by atoms with E-state index >= 15 is 0 Å². The molecule has 0 amide bonds. The van der Waals surface area contributed by atoms with Gasteiger partial charge in [0.2, 0.25) is 10.0 Å². The van der Waals surface area contributed by atoms with Crippen LogP contribution in [0.3, 0.4) is 0 Å². The first-order chi connectivity index (χ1) is 7.91. The predicted octanol–water partition coefficient (Wildman–Crippen LogP) is 0.856. The first-order valence-electron chi connectivity index (χ1n) is 5.42. The van der Waals surface area contributed by atoms with Gasteiger partial charge in [-0.3, -0.25) is 0 Å². The molecule has 1 aliphatic rings. The van der Waals surface area contributed by atoms with Crippen LogP contribution in [0.1, 0.15) is 13.3 Å². The summed E-state index contributed by atoms with van der Waals surface area (Å²) in [5, 5.41) is 3.10. The van der Waals surface area contributed by atoms with Crippen LogP contribution < -0.4 is 10.0 Å². The summed E-state index contributed by atoms with van der Waals surface area (Å²) in [6.07, 6.45) is 0.724. The standard InChI is InChI=1S/C11H15FN2O2S/c1-11(5-6-13-8-11)14-17(15,16)10-4-2-3-9(12)7-10/h2-4,7,13-14H,5-6,8H2,1H3. The highest BCUT2D eigenvalue weighted by molar-refractivity contribution is 7.89. The number of hydrogen-bond acceptors (Lipinski definition) is 3. The van der Waals surface area contributed by atoms with Crippen molar-refractivity contribution in [2.24, 2.45) is 0 Å². The highest BCUT2D eigenvalue weighted by Gasteiger charge is 2.33. The van der Waals surface area contributed by atoms with E-state index in [-0.39, 0.29) is 4.90 Å². The van der Waals surface area contributed by atoms with Crippen molar-refractivity contribution in [3.63, 3.8) is 0 Å². The Balaban J connectivity index is 2.25. The second-order valence-electron chi connectivity index (χ2n) is 4.55. The maximum Gasteiger partial charge on any atom is 0.241 e. The zero-order valence-corrected chi connectivity index (χ0v) is 10.3. The van der Waals surface area contributed by atoms with Crippen molar-refractivity contribution in [2.45, 2.75) is 23.8 Å². The molecule has 4 nitrogen and oxygen atoms in total. The summed E-state index contributed by atoms with van der Waals surface area (Å²) in [4.78, 5) is -0.0365. The zero-order chi connectivity index (χ0) is 12.5. The van der Waals surface area contributed by atoms with Crippen LogP contribution in [-0.2, 0) is 10.0 Å². The maximum absolute atomic E-state index is 13.0. The molecule has 0 spiro atoms. The molecule has 6 heteroatoms. The molecular formula is C11H15FN2O2S. The monoisotopic (exact) mass is 258 g/mol. The average molecular weight is 258 g/mol. The number of hydrogen-bond donors (Lipinski definition) is 2. The predicted molar refractivity (Wildman–Crippen MR) is 62.6 cm³/mol. The summed E-state index contributed by atoms with van der Waals surface area (Å²) >= 11 is 0. The number of sulfonamides is 1. The average Bonchev–Trinajstić information content (AvgIpc) is 2.64. The van der Waals surface area contributed by atoms with Gasteiger partial charge in [0, 0.05) is 12.1 Å². The van der Waals surface area contributed by atoms with Gasteiger partial charge in [-0.25, -0.2) is 17.5 Å². The fourth-order valence-electron chi connectivity index (χ4n) is 1.92. The SMILES string of the molecule is CC1(NS(=O)(=O)c2cccc(F)c2)CCNC1. The molecule has 0 aliphatic carbocycles. The Morgan fingerprint density at radius 2 is 2.24 bits per heavy atom. The Morgan fingerprint density at radius 1 is 1.47 bits per heavy atom. The van der Waals surface area contributed by atoms with E-state index < -0.39 is 21.4 Å². The van der Waals surface area contributed by atoms with Gasteiger partial charge < -0.3 is 5.32 Å². The van der Waals surface area contributed by atoms with Crippen LogP contribution in [0.4, 0.5) is 4.39 Å². The Bertz CT molecular complexity index is 510. The molecule has 1 fully saturated rings. The Hall–Kier alpha value is -0.980. The molecule has 1 unspecified atom stereocenters. The molecule has 0 bridgehead atoms. The third kappa shape index (κ3) is 2.83. The quantitative estimate of drug-likeness (QED) is 0.845. The molecule has 94 valence electrons. The van der Waals surface area contributed by atoms with Gasteiger partial charge >= 0.3 is 0 Å². The fraction of sp³-hybridized carbons (Fsp3) is 0.455. The molecule has 2 N–H and O–H groups in total. The van der Waals surface area contributed by atoms with Gasteiger partial charge in [-0.15, -0.1) is 0 Å². The van der Waals surface area contributed by atoms with Crippen LogP contribution in [0, 0.1) is 5.82 Å². The first-order valence-corrected chi connectivity index (χ1v) is 6.90. The van der Waals surface area contributed by atoms with Gasteiger partial charge in [-0.05, 0) is 38.1 Å². The summed E-state index contributed by atoms with van der Waals surface area (Å²) in [5.74, 6) is -0.553. The van der Waals surface area contributed by atoms with Crippen LogP contribution in [0.2, 0.25) is 0 Å². The van der Waals surface area contributed by atoms with Crippen LogP contribution in [-0.4, -0.2) is 27.0 Å². The molecule has 1 aromatic rings. The second kappa shape index (κ2) is 4.36. The van der Waals surface area contributed by atoms with Crippen molar-refractivity contribution in [3.8, 4) is 0 Å². The number of nitrogens with one attached hydrogen (secondary N) is 2. The topological polar surface area (TPSA) is 58.2 Å². The number of halogens is 1. The Labute approximate surface area is 100 Å². The molecule has 1 atom stereocenters. The lowest BCUT2D eigenvalue weighted by Crippen LogP contribution is -2.47. The van der Waals surface area contributed by atoms with Gasteiger partial charge in [0.1, 0.15) is 5.82 Å². The summed E-state index contributed by atoms with van der Waals surface area (Å²) < 4.78 is 39.7. The Morgan fingerprint density at radius 3 is 2.82 bits per heavy atom. The number of rotatable bonds is 3. The van der Waals surface area contributed by atoms with Crippen molar-refractivity contribution in [1.82, 2.24) is 10.0 Å². The molecule has 0 aromatic heterocycles. The summed E-state index contributed by atoms with van der Waals surface area (Å²) in [7, 11) is -3.65. The smallest absolute Gasteiger partial charge is 0.241 e. The second-order valence-corrected chi connectivity index (χ2v) is 6.23. The van der Waals surface area contributed by atoms with Gasteiger partial charge in [-0.2, -0.15) is 0 Å². The lowest BCUT2D eigenvalue weighted by molar-refractivity contribution is 0.451. The lowest BCUT2D eigenvalue weighted by atomic mass is 10.0. The van der Waals surface area contributed by atoms with Crippen LogP contribution in [0.25, 0.3) is 0 Å². The van der Waals surface area contributed by atoms with Crippen LogP contribution in [0.15, 0.2) is 29.2 Å². The normalized spacial score (nSPS) is 25.1. The van der Waals surface area contributed by atoms with Crippen LogP contribution in [0.5, 0.6) is 0 Å². The summed E-state index contributed by atoms with van der Waals surface area (Å²) in [6.45, 7) is 3.20. The lowest BCUT2D eigenvalue weighted by Gasteiger charge is -2.24. The minimum atomic E-state index is -3.65.